The van der Waals surface area contributed by atoms with Gasteiger partial charge in [0.25, 0.3) is 0 Å². The standard InChI is InChI=1S/C12H23N3/c1-4-7-14-12(3,9-13)10-15-8-5-6-11(15)2/h11,14H,4-8,10H2,1-3H3. The van der Waals surface area contributed by atoms with Crippen molar-refractivity contribution < 1.29 is 0 Å². The second-order valence-electron chi connectivity index (χ2n) is 4.83. The summed E-state index contributed by atoms with van der Waals surface area (Å²) in [5.41, 5.74) is -0.380. The van der Waals surface area contributed by atoms with E-state index in [0.717, 1.165) is 26.1 Å². The average molecular weight is 209 g/mol. The number of hydrogen-bond donors (Lipinski definition) is 1. The lowest BCUT2D eigenvalue weighted by Gasteiger charge is -2.31. The molecule has 0 aromatic rings. The van der Waals surface area contributed by atoms with Gasteiger partial charge >= 0.3 is 0 Å². The minimum absolute atomic E-state index is 0.380. The zero-order valence-corrected chi connectivity index (χ0v) is 10.2. The van der Waals surface area contributed by atoms with Crippen LogP contribution in [-0.2, 0) is 0 Å². The summed E-state index contributed by atoms with van der Waals surface area (Å²) in [5.74, 6) is 0. The van der Waals surface area contributed by atoms with Gasteiger partial charge in [0.15, 0.2) is 0 Å². The van der Waals surface area contributed by atoms with Gasteiger partial charge in [-0.05, 0) is 46.2 Å². The Morgan fingerprint density at radius 3 is 2.80 bits per heavy atom. The Labute approximate surface area is 93.5 Å². The SMILES string of the molecule is CCCNC(C)(C#N)CN1CCCC1C. The molecule has 1 fully saturated rings. The summed E-state index contributed by atoms with van der Waals surface area (Å²) < 4.78 is 0. The molecule has 0 spiro atoms. The summed E-state index contributed by atoms with van der Waals surface area (Å²) in [7, 11) is 0. The van der Waals surface area contributed by atoms with Crippen molar-refractivity contribution in [2.45, 2.75) is 51.6 Å². The highest BCUT2D eigenvalue weighted by molar-refractivity contribution is 5.06. The highest BCUT2D eigenvalue weighted by Crippen LogP contribution is 2.19. The molecule has 15 heavy (non-hydrogen) atoms. The van der Waals surface area contributed by atoms with Gasteiger partial charge in [-0.25, -0.2) is 0 Å². The smallest absolute Gasteiger partial charge is 0.116 e. The molecule has 0 aromatic carbocycles. The minimum atomic E-state index is -0.380. The normalized spacial score (nSPS) is 26.1. The summed E-state index contributed by atoms with van der Waals surface area (Å²) in [4.78, 5) is 2.42. The van der Waals surface area contributed by atoms with E-state index in [0.29, 0.717) is 6.04 Å². The molecule has 0 saturated carbocycles. The average Bonchev–Trinajstić information content (AvgIpc) is 2.61. The van der Waals surface area contributed by atoms with Crippen LogP contribution in [0, 0.1) is 11.3 Å². The van der Waals surface area contributed by atoms with Crippen molar-refractivity contribution in [3.63, 3.8) is 0 Å². The van der Waals surface area contributed by atoms with Crippen molar-refractivity contribution in [2.75, 3.05) is 19.6 Å². The maximum absolute atomic E-state index is 9.22. The van der Waals surface area contributed by atoms with Crippen LogP contribution in [0.15, 0.2) is 0 Å². The molecular formula is C12H23N3. The van der Waals surface area contributed by atoms with Gasteiger partial charge in [0, 0.05) is 12.6 Å². The van der Waals surface area contributed by atoms with E-state index in [2.05, 4.69) is 30.1 Å². The van der Waals surface area contributed by atoms with Crippen LogP contribution in [0.3, 0.4) is 0 Å². The predicted octanol–water partition coefficient (Wildman–Crippen LogP) is 1.75. The molecule has 0 aliphatic carbocycles. The van der Waals surface area contributed by atoms with E-state index in [1.165, 1.54) is 12.8 Å². The van der Waals surface area contributed by atoms with E-state index in [1.807, 2.05) is 6.92 Å². The lowest BCUT2D eigenvalue weighted by molar-refractivity contribution is 0.215. The molecule has 86 valence electrons. The first kappa shape index (κ1) is 12.5. The lowest BCUT2D eigenvalue weighted by atomic mass is 10.0. The first-order chi connectivity index (χ1) is 7.11. The Hall–Kier alpha value is -0.590. The molecule has 1 aliphatic rings. The topological polar surface area (TPSA) is 39.1 Å². The summed E-state index contributed by atoms with van der Waals surface area (Å²) in [6, 6.07) is 3.05. The van der Waals surface area contributed by atoms with Gasteiger partial charge in [0.1, 0.15) is 5.54 Å². The number of nitriles is 1. The van der Waals surface area contributed by atoms with Crippen molar-refractivity contribution in [1.82, 2.24) is 10.2 Å². The van der Waals surface area contributed by atoms with Crippen LogP contribution in [0.2, 0.25) is 0 Å². The van der Waals surface area contributed by atoms with Crippen LogP contribution >= 0.6 is 0 Å². The number of hydrogen-bond acceptors (Lipinski definition) is 3. The molecule has 0 radical (unpaired) electrons. The van der Waals surface area contributed by atoms with Crippen LogP contribution in [0.25, 0.3) is 0 Å². The number of likely N-dealkylation sites (tertiary alicyclic amines) is 1. The third-order valence-electron chi connectivity index (χ3n) is 3.22. The summed E-state index contributed by atoms with van der Waals surface area (Å²) in [6.45, 7) is 9.31. The zero-order valence-electron chi connectivity index (χ0n) is 10.2. The van der Waals surface area contributed by atoms with E-state index in [-0.39, 0.29) is 5.54 Å². The quantitative estimate of drug-likeness (QED) is 0.750. The third-order valence-corrected chi connectivity index (χ3v) is 3.22. The fourth-order valence-electron chi connectivity index (χ4n) is 2.17. The molecule has 0 bridgehead atoms. The van der Waals surface area contributed by atoms with Crippen LogP contribution in [0.1, 0.15) is 40.0 Å². The van der Waals surface area contributed by atoms with E-state index in [1.54, 1.807) is 0 Å². The second-order valence-corrected chi connectivity index (χ2v) is 4.83. The largest absolute Gasteiger partial charge is 0.299 e. The number of nitrogens with zero attached hydrogens (tertiary/aromatic N) is 2. The molecule has 2 atom stereocenters. The van der Waals surface area contributed by atoms with Gasteiger partial charge in [0.05, 0.1) is 6.07 Å². The maximum Gasteiger partial charge on any atom is 0.116 e. The molecular weight excluding hydrogens is 186 g/mol. The second kappa shape index (κ2) is 5.48. The van der Waals surface area contributed by atoms with Crippen molar-refractivity contribution in [1.29, 1.82) is 5.26 Å². The Bertz CT molecular complexity index is 234. The fraction of sp³-hybridized carbons (Fsp3) is 0.917. The van der Waals surface area contributed by atoms with Gasteiger partial charge in [-0.15, -0.1) is 0 Å². The van der Waals surface area contributed by atoms with Gasteiger partial charge in [-0.2, -0.15) is 5.26 Å². The van der Waals surface area contributed by atoms with Crippen molar-refractivity contribution in [2.24, 2.45) is 0 Å². The molecule has 0 amide bonds. The predicted molar refractivity (Wildman–Crippen MR) is 62.6 cm³/mol. The third kappa shape index (κ3) is 3.48. The Balaban J connectivity index is 2.48. The molecule has 1 aliphatic heterocycles. The van der Waals surface area contributed by atoms with Crippen molar-refractivity contribution >= 4 is 0 Å². The summed E-state index contributed by atoms with van der Waals surface area (Å²) in [6.07, 6.45) is 3.62. The monoisotopic (exact) mass is 209 g/mol. The lowest BCUT2D eigenvalue weighted by Crippen LogP contribution is -2.51. The Morgan fingerprint density at radius 2 is 2.33 bits per heavy atom. The van der Waals surface area contributed by atoms with Gasteiger partial charge < -0.3 is 0 Å². The van der Waals surface area contributed by atoms with E-state index < -0.39 is 0 Å². The molecule has 1 saturated heterocycles. The molecule has 1 N–H and O–H groups in total. The van der Waals surface area contributed by atoms with Gasteiger partial charge in [0.2, 0.25) is 0 Å². The van der Waals surface area contributed by atoms with Crippen molar-refractivity contribution in [3.8, 4) is 6.07 Å². The molecule has 3 heteroatoms. The highest BCUT2D eigenvalue weighted by atomic mass is 15.2. The highest BCUT2D eigenvalue weighted by Gasteiger charge is 2.30. The Kier molecular flexibility index (Phi) is 4.56. The van der Waals surface area contributed by atoms with Crippen LogP contribution < -0.4 is 5.32 Å². The molecule has 0 aromatic heterocycles. The van der Waals surface area contributed by atoms with Gasteiger partial charge in [-0.1, -0.05) is 6.92 Å². The van der Waals surface area contributed by atoms with Crippen LogP contribution in [0.4, 0.5) is 0 Å². The molecule has 1 heterocycles. The first-order valence-corrected chi connectivity index (χ1v) is 6.01. The van der Waals surface area contributed by atoms with Crippen LogP contribution in [-0.4, -0.2) is 36.1 Å². The van der Waals surface area contributed by atoms with E-state index in [4.69, 9.17) is 0 Å². The van der Waals surface area contributed by atoms with Gasteiger partial charge in [-0.3, -0.25) is 10.2 Å². The zero-order chi connectivity index (χ0) is 11.3. The van der Waals surface area contributed by atoms with Crippen molar-refractivity contribution in [3.05, 3.63) is 0 Å². The number of rotatable bonds is 5. The molecule has 2 unspecified atom stereocenters. The van der Waals surface area contributed by atoms with E-state index in [9.17, 15) is 5.26 Å². The first-order valence-electron chi connectivity index (χ1n) is 6.01. The number of nitrogens with one attached hydrogen (secondary N) is 1. The van der Waals surface area contributed by atoms with Crippen LogP contribution in [0.5, 0.6) is 0 Å². The molecule has 3 nitrogen and oxygen atoms in total. The minimum Gasteiger partial charge on any atom is -0.299 e. The van der Waals surface area contributed by atoms with E-state index >= 15 is 0 Å². The Morgan fingerprint density at radius 1 is 1.60 bits per heavy atom. The fourth-order valence-corrected chi connectivity index (χ4v) is 2.17. The maximum atomic E-state index is 9.22. The molecule has 1 rings (SSSR count). The summed E-state index contributed by atoms with van der Waals surface area (Å²) >= 11 is 0. The summed E-state index contributed by atoms with van der Waals surface area (Å²) in [5, 5.41) is 12.6.